The number of rotatable bonds is 2. The lowest BCUT2D eigenvalue weighted by atomic mass is 9.86. The number of piperidine rings is 2. The zero-order valence-electron chi connectivity index (χ0n) is 11.8. The van der Waals surface area contributed by atoms with E-state index in [9.17, 15) is 9.59 Å². The molecule has 3 unspecified atom stereocenters. The van der Waals surface area contributed by atoms with Crippen LogP contribution in [0.3, 0.4) is 0 Å². The Labute approximate surface area is 114 Å². The number of hydrogen-bond donors (Lipinski definition) is 2. The Morgan fingerprint density at radius 2 is 2.11 bits per heavy atom. The molecule has 2 aliphatic rings. The van der Waals surface area contributed by atoms with Crippen LogP contribution in [0.25, 0.3) is 0 Å². The van der Waals surface area contributed by atoms with Crippen LogP contribution in [-0.2, 0) is 9.59 Å². The van der Waals surface area contributed by atoms with E-state index in [1.807, 2.05) is 18.7 Å². The summed E-state index contributed by atoms with van der Waals surface area (Å²) < 4.78 is 0. The average molecular weight is 268 g/mol. The van der Waals surface area contributed by atoms with Crippen LogP contribution < -0.4 is 5.32 Å². The van der Waals surface area contributed by atoms with E-state index in [1.165, 1.54) is 0 Å². The van der Waals surface area contributed by atoms with Crippen molar-refractivity contribution in [1.82, 2.24) is 10.2 Å². The first-order valence-corrected chi connectivity index (χ1v) is 7.23. The Kier molecular flexibility index (Phi) is 4.13. The molecule has 1 amide bonds. The van der Waals surface area contributed by atoms with E-state index in [4.69, 9.17) is 5.11 Å². The number of likely N-dealkylation sites (tertiary alicyclic amines) is 1. The third kappa shape index (κ3) is 2.91. The standard InChI is InChI=1S/C14H24N2O3/c1-10-9-11(12(17)18)5-8-16(10)13(19)14(2)6-3-4-7-15-14/h10-11,15H,3-9H2,1-2H3,(H,17,18). The topological polar surface area (TPSA) is 69.6 Å². The van der Waals surface area contributed by atoms with Crippen LogP contribution in [0.4, 0.5) is 0 Å². The highest BCUT2D eigenvalue weighted by Crippen LogP contribution is 2.28. The van der Waals surface area contributed by atoms with Gasteiger partial charge in [-0.2, -0.15) is 0 Å². The Morgan fingerprint density at radius 1 is 1.37 bits per heavy atom. The Morgan fingerprint density at radius 3 is 2.63 bits per heavy atom. The molecule has 19 heavy (non-hydrogen) atoms. The summed E-state index contributed by atoms with van der Waals surface area (Å²) in [5.74, 6) is -0.893. The maximum atomic E-state index is 12.7. The van der Waals surface area contributed by atoms with Crippen LogP contribution in [-0.4, -0.2) is 46.6 Å². The minimum Gasteiger partial charge on any atom is -0.481 e. The summed E-state index contributed by atoms with van der Waals surface area (Å²) in [6, 6.07) is 0.0166. The molecule has 0 aromatic rings. The van der Waals surface area contributed by atoms with E-state index in [2.05, 4.69) is 5.32 Å². The van der Waals surface area contributed by atoms with Crippen molar-refractivity contribution in [3.8, 4) is 0 Å². The zero-order chi connectivity index (χ0) is 14.0. The van der Waals surface area contributed by atoms with Crippen LogP contribution in [0, 0.1) is 5.92 Å². The molecule has 2 fully saturated rings. The van der Waals surface area contributed by atoms with Gasteiger partial charge in [0.25, 0.3) is 0 Å². The van der Waals surface area contributed by atoms with Gasteiger partial charge in [0, 0.05) is 12.6 Å². The predicted octanol–water partition coefficient (Wildman–Crippen LogP) is 1.23. The van der Waals surface area contributed by atoms with Crippen molar-refractivity contribution in [2.45, 2.75) is 57.5 Å². The van der Waals surface area contributed by atoms with Gasteiger partial charge in [-0.3, -0.25) is 9.59 Å². The number of nitrogens with one attached hydrogen (secondary N) is 1. The van der Waals surface area contributed by atoms with E-state index in [0.717, 1.165) is 25.8 Å². The van der Waals surface area contributed by atoms with E-state index in [-0.39, 0.29) is 17.9 Å². The fourth-order valence-electron chi connectivity index (χ4n) is 3.25. The second-order valence-corrected chi connectivity index (χ2v) is 6.12. The highest BCUT2D eigenvalue weighted by Gasteiger charge is 2.41. The molecule has 2 N–H and O–H groups in total. The molecular weight excluding hydrogens is 244 g/mol. The maximum absolute atomic E-state index is 12.7. The second-order valence-electron chi connectivity index (χ2n) is 6.12. The number of nitrogens with zero attached hydrogens (tertiary/aromatic N) is 1. The van der Waals surface area contributed by atoms with E-state index in [0.29, 0.717) is 19.4 Å². The van der Waals surface area contributed by atoms with Crippen molar-refractivity contribution < 1.29 is 14.7 Å². The highest BCUT2D eigenvalue weighted by molar-refractivity contribution is 5.86. The van der Waals surface area contributed by atoms with Crippen LogP contribution in [0.1, 0.15) is 46.0 Å². The van der Waals surface area contributed by atoms with Crippen LogP contribution in [0.15, 0.2) is 0 Å². The predicted molar refractivity (Wildman–Crippen MR) is 71.8 cm³/mol. The molecule has 0 spiro atoms. The summed E-state index contributed by atoms with van der Waals surface area (Å²) in [4.78, 5) is 25.6. The summed E-state index contributed by atoms with van der Waals surface area (Å²) in [7, 11) is 0. The number of carbonyl (C=O) groups is 2. The number of carboxylic acid groups (broad SMARTS) is 1. The first-order chi connectivity index (χ1) is 8.94. The Hall–Kier alpha value is -1.10. The molecule has 5 nitrogen and oxygen atoms in total. The van der Waals surface area contributed by atoms with Gasteiger partial charge in [-0.05, 0) is 52.5 Å². The van der Waals surface area contributed by atoms with Gasteiger partial charge in [-0.25, -0.2) is 0 Å². The Bertz CT molecular complexity index is 364. The third-order valence-electron chi connectivity index (χ3n) is 4.58. The number of amides is 1. The van der Waals surface area contributed by atoms with Gasteiger partial charge in [-0.1, -0.05) is 0 Å². The Balaban J connectivity index is 2.02. The summed E-state index contributed by atoms with van der Waals surface area (Å²) in [6.45, 7) is 5.39. The van der Waals surface area contributed by atoms with Crippen molar-refractivity contribution in [1.29, 1.82) is 0 Å². The van der Waals surface area contributed by atoms with Crippen molar-refractivity contribution in [3.05, 3.63) is 0 Å². The number of aliphatic carboxylic acids is 1. The lowest BCUT2D eigenvalue weighted by Gasteiger charge is -2.43. The molecule has 0 aliphatic carbocycles. The quantitative estimate of drug-likeness (QED) is 0.790. The van der Waals surface area contributed by atoms with E-state index >= 15 is 0 Å². The minimum absolute atomic E-state index is 0.0166. The molecule has 2 saturated heterocycles. The van der Waals surface area contributed by atoms with Gasteiger partial charge < -0.3 is 15.3 Å². The zero-order valence-corrected chi connectivity index (χ0v) is 11.8. The first-order valence-electron chi connectivity index (χ1n) is 7.23. The van der Waals surface area contributed by atoms with Crippen LogP contribution in [0.5, 0.6) is 0 Å². The van der Waals surface area contributed by atoms with Crippen LogP contribution >= 0.6 is 0 Å². The molecule has 2 aliphatic heterocycles. The second kappa shape index (κ2) is 5.49. The van der Waals surface area contributed by atoms with Crippen LogP contribution in [0.2, 0.25) is 0 Å². The lowest BCUT2D eigenvalue weighted by Crippen LogP contribution is -2.61. The number of carboxylic acids is 1. The normalized spacial score (nSPS) is 36.0. The van der Waals surface area contributed by atoms with Gasteiger partial charge >= 0.3 is 5.97 Å². The molecule has 2 heterocycles. The average Bonchev–Trinajstić information content (AvgIpc) is 2.38. The van der Waals surface area contributed by atoms with Gasteiger partial charge in [0.2, 0.25) is 5.91 Å². The fraction of sp³-hybridized carbons (Fsp3) is 0.857. The van der Waals surface area contributed by atoms with Gasteiger partial charge in [0.05, 0.1) is 11.5 Å². The van der Waals surface area contributed by atoms with Gasteiger partial charge in [0.15, 0.2) is 0 Å². The maximum Gasteiger partial charge on any atom is 0.306 e. The summed E-state index contributed by atoms with van der Waals surface area (Å²) in [5, 5.41) is 12.4. The lowest BCUT2D eigenvalue weighted by molar-refractivity contribution is -0.150. The molecule has 5 heteroatoms. The molecule has 0 radical (unpaired) electrons. The van der Waals surface area contributed by atoms with Crippen molar-refractivity contribution in [3.63, 3.8) is 0 Å². The molecule has 108 valence electrons. The third-order valence-corrected chi connectivity index (χ3v) is 4.58. The molecule has 3 atom stereocenters. The van der Waals surface area contributed by atoms with Crippen molar-refractivity contribution >= 4 is 11.9 Å². The van der Waals surface area contributed by atoms with Gasteiger partial charge in [-0.15, -0.1) is 0 Å². The molecular formula is C14H24N2O3. The highest BCUT2D eigenvalue weighted by atomic mass is 16.4. The molecule has 0 saturated carbocycles. The van der Waals surface area contributed by atoms with Crippen molar-refractivity contribution in [2.24, 2.45) is 5.92 Å². The number of carbonyl (C=O) groups excluding carboxylic acids is 1. The largest absolute Gasteiger partial charge is 0.481 e. The van der Waals surface area contributed by atoms with E-state index < -0.39 is 11.5 Å². The van der Waals surface area contributed by atoms with E-state index in [1.54, 1.807) is 0 Å². The molecule has 0 bridgehead atoms. The first kappa shape index (κ1) is 14.3. The molecule has 2 rings (SSSR count). The molecule has 0 aromatic carbocycles. The number of hydrogen-bond acceptors (Lipinski definition) is 3. The summed E-state index contributed by atoms with van der Waals surface area (Å²) in [5.41, 5.74) is -0.456. The summed E-state index contributed by atoms with van der Waals surface area (Å²) >= 11 is 0. The monoisotopic (exact) mass is 268 g/mol. The SMILES string of the molecule is CC1CC(C(=O)O)CCN1C(=O)C1(C)CCCCN1. The molecule has 0 aromatic heterocycles. The van der Waals surface area contributed by atoms with Crippen molar-refractivity contribution in [2.75, 3.05) is 13.1 Å². The summed E-state index contributed by atoms with van der Waals surface area (Å²) in [6.07, 6.45) is 4.21. The van der Waals surface area contributed by atoms with Gasteiger partial charge in [0.1, 0.15) is 0 Å². The smallest absolute Gasteiger partial charge is 0.306 e. The fourth-order valence-corrected chi connectivity index (χ4v) is 3.25. The minimum atomic E-state index is -0.735.